The molecule has 0 aliphatic carbocycles. The van der Waals surface area contributed by atoms with E-state index >= 15 is 0 Å². The molecular weight excluding hydrogens is 516 g/mol. The Morgan fingerprint density at radius 3 is 2.73 bits per heavy atom. The molecule has 3 rings (SSSR count). The molecule has 1 amide bonds. The number of sulfonamides is 1. The van der Waals surface area contributed by atoms with Crippen LogP contribution in [0.25, 0.3) is 10.1 Å². The quantitative estimate of drug-likeness (QED) is 0.445. The van der Waals surface area contributed by atoms with Crippen molar-refractivity contribution in [1.82, 2.24) is 14.6 Å². The fourth-order valence-electron chi connectivity index (χ4n) is 2.76. The van der Waals surface area contributed by atoms with Gasteiger partial charge in [0.05, 0.1) is 14.6 Å². The van der Waals surface area contributed by atoms with Gasteiger partial charge in [-0.25, -0.2) is 27.5 Å². The fourth-order valence-corrected chi connectivity index (χ4v) is 6.44. The maximum Gasteiger partial charge on any atom is 0.414 e. The third-order valence-electron chi connectivity index (χ3n) is 4.13. The molecule has 0 spiro atoms. The van der Waals surface area contributed by atoms with Gasteiger partial charge in [0.1, 0.15) is 16.0 Å². The highest BCUT2D eigenvalue weighted by Crippen LogP contribution is 2.46. The van der Waals surface area contributed by atoms with Crippen LogP contribution in [0.2, 0.25) is 5.02 Å². The molecule has 8 nitrogen and oxygen atoms in total. The lowest BCUT2D eigenvalue weighted by molar-refractivity contribution is 0.0559. The molecule has 0 saturated carbocycles. The number of fused-ring (bicyclic) bond motifs is 1. The van der Waals surface area contributed by atoms with E-state index in [4.69, 9.17) is 22.8 Å². The smallest absolute Gasteiger partial charge is 0.414 e. The van der Waals surface area contributed by atoms with E-state index in [0.717, 1.165) is 4.31 Å². The van der Waals surface area contributed by atoms with Crippen molar-refractivity contribution in [3.63, 3.8) is 0 Å². The van der Waals surface area contributed by atoms with Crippen molar-refractivity contribution in [1.29, 1.82) is 0 Å². The molecule has 2 aromatic heterocycles. The van der Waals surface area contributed by atoms with Gasteiger partial charge in [0, 0.05) is 18.6 Å². The number of pyridine rings is 1. The molecular formula is C18H18BrClN4O4S2. The molecule has 2 aromatic rings. The number of hydrogen-bond donors (Lipinski definition) is 1. The second kappa shape index (κ2) is 7.67. The molecule has 30 heavy (non-hydrogen) atoms. The first-order valence-corrected chi connectivity index (χ1v) is 12.2. The van der Waals surface area contributed by atoms with Gasteiger partial charge in [0.15, 0.2) is 5.54 Å². The number of carbonyl (C=O) groups excluding carboxylic acids is 1. The van der Waals surface area contributed by atoms with Crippen LogP contribution in [0.5, 0.6) is 0 Å². The molecule has 0 fully saturated rings. The van der Waals surface area contributed by atoms with E-state index in [2.05, 4.69) is 37.1 Å². The molecule has 0 aromatic carbocycles. The Hall–Kier alpha value is -1.87. The van der Waals surface area contributed by atoms with Gasteiger partial charge in [-0.3, -0.25) is 5.32 Å². The summed E-state index contributed by atoms with van der Waals surface area (Å²) < 4.78 is 33.1. The second-order valence-corrected chi connectivity index (χ2v) is 11.7. The molecule has 1 aliphatic rings. The number of aliphatic imine (C=N–C) groups is 1. The van der Waals surface area contributed by atoms with Crippen molar-refractivity contribution in [2.24, 2.45) is 4.99 Å². The molecule has 12 heteroatoms. The van der Waals surface area contributed by atoms with Crippen molar-refractivity contribution >= 4 is 71.0 Å². The summed E-state index contributed by atoms with van der Waals surface area (Å²) in [6.07, 6.45) is 6.51. The highest BCUT2D eigenvalue weighted by atomic mass is 79.9. The van der Waals surface area contributed by atoms with Crippen LogP contribution in [-0.4, -0.2) is 48.2 Å². The zero-order valence-electron chi connectivity index (χ0n) is 16.5. The molecule has 160 valence electrons. The highest BCUT2D eigenvalue weighted by molar-refractivity contribution is 9.10. The van der Waals surface area contributed by atoms with E-state index in [1.165, 1.54) is 18.4 Å². The van der Waals surface area contributed by atoms with Crippen LogP contribution in [0.4, 0.5) is 4.79 Å². The van der Waals surface area contributed by atoms with E-state index < -0.39 is 33.0 Å². The van der Waals surface area contributed by atoms with E-state index in [-0.39, 0.29) is 11.0 Å². The number of guanidine groups is 1. The molecule has 0 unspecified atom stereocenters. The molecule has 1 atom stereocenters. The van der Waals surface area contributed by atoms with E-state index in [1.807, 2.05) is 0 Å². The minimum absolute atomic E-state index is 0.251. The summed E-state index contributed by atoms with van der Waals surface area (Å²) in [6, 6.07) is 1.71. The predicted octanol–water partition coefficient (Wildman–Crippen LogP) is 3.70. The normalized spacial score (nSPS) is 21.1. The Bertz CT molecular complexity index is 1210. The number of rotatable bonds is 1. The zero-order chi connectivity index (χ0) is 22.5. The van der Waals surface area contributed by atoms with Gasteiger partial charge in [-0.15, -0.1) is 17.8 Å². The first-order valence-electron chi connectivity index (χ1n) is 8.57. The number of nitrogens with zero attached hydrogens (tertiary/aromatic N) is 3. The maximum absolute atomic E-state index is 12.9. The summed E-state index contributed by atoms with van der Waals surface area (Å²) in [5, 5.41) is 3.34. The molecule has 1 aliphatic heterocycles. The number of thiophene rings is 1. The summed E-state index contributed by atoms with van der Waals surface area (Å²) in [5.74, 6) is 1.73. The first kappa shape index (κ1) is 22.8. The third kappa shape index (κ3) is 4.14. The molecule has 3 heterocycles. The van der Waals surface area contributed by atoms with Gasteiger partial charge in [-0.1, -0.05) is 17.5 Å². The number of nitrogens with one attached hydrogen (secondary N) is 1. The number of alkyl carbamates (subject to hydrolysis) is 1. The van der Waals surface area contributed by atoms with Crippen LogP contribution in [0.1, 0.15) is 25.6 Å². The third-order valence-corrected chi connectivity index (χ3v) is 8.65. The Morgan fingerprint density at radius 1 is 1.50 bits per heavy atom. The summed E-state index contributed by atoms with van der Waals surface area (Å²) in [7, 11) is -2.64. The van der Waals surface area contributed by atoms with E-state index in [1.54, 1.807) is 33.0 Å². The number of terminal acetylenes is 1. The van der Waals surface area contributed by atoms with Gasteiger partial charge >= 0.3 is 6.09 Å². The largest absolute Gasteiger partial charge is 0.444 e. The van der Waals surface area contributed by atoms with Crippen LogP contribution < -0.4 is 5.32 Å². The lowest BCUT2D eigenvalue weighted by Crippen LogP contribution is -2.54. The van der Waals surface area contributed by atoms with Crippen molar-refractivity contribution < 1.29 is 17.9 Å². The number of aromatic nitrogens is 1. The highest BCUT2D eigenvalue weighted by Gasteiger charge is 2.46. The average Bonchev–Trinajstić information content (AvgIpc) is 2.96. The van der Waals surface area contributed by atoms with Crippen molar-refractivity contribution in [3.05, 3.63) is 26.8 Å². The standard InChI is InChI=1S/C18H18BrClN4O4S2/c1-6-18(13-11(20)10-7-8-21-14(19)12(10)29-13)9-30(26,27)24(5)15(23-18)22-16(25)28-17(2,3)4/h1,7-8H,9H2,2-5H3,(H,22,23,25)/t18-/m0/s1. The van der Waals surface area contributed by atoms with Crippen LogP contribution in [0.3, 0.4) is 0 Å². The minimum Gasteiger partial charge on any atom is -0.444 e. The lowest BCUT2D eigenvalue weighted by Gasteiger charge is -2.34. The molecule has 1 N–H and O–H groups in total. The molecule has 0 bridgehead atoms. The molecule has 0 saturated heterocycles. The topological polar surface area (TPSA) is 101 Å². The van der Waals surface area contributed by atoms with Crippen molar-refractivity contribution in [2.45, 2.75) is 31.9 Å². The van der Waals surface area contributed by atoms with Gasteiger partial charge in [0.2, 0.25) is 16.0 Å². The van der Waals surface area contributed by atoms with Crippen molar-refractivity contribution in [2.75, 3.05) is 12.8 Å². The van der Waals surface area contributed by atoms with E-state index in [9.17, 15) is 13.2 Å². The van der Waals surface area contributed by atoms with E-state index in [0.29, 0.717) is 19.6 Å². The van der Waals surface area contributed by atoms with Crippen LogP contribution in [-0.2, 0) is 20.3 Å². The minimum atomic E-state index is -3.92. The molecule has 0 radical (unpaired) electrons. The number of hydrogen-bond acceptors (Lipinski definition) is 7. The second-order valence-electron chi connectivity index (χ2n) is 7.51. The maximum atomic E-state index is 12.9. The lowest BCUT2D eigenvalue weighted by atomic mass is 10.0. The summed E-state index contributed by atoms with van der Waals surface area (Å²) in [6.45, 7) is 5.05. The van der Waals surface area contributed by atoms with Crippen LogP contribution in [0, 0.1) is 12.3 Å². The fraction of sp³-hybridized carbons (Fsp3) is 0.389. The number of carbonyl (C=O) groups is 1. The number of ether oxygens (including phenoxy) is 1. The Balaban J connectivity index is 2.17. The van der Waals surface area contributed by atoms with Crippen LogP contribution in [0.15, 0.2) is 21.9 Å². The SMILES string of the molecule is C#C[C@@]1(c2sc3c(Br)nccc3c2Cl)CS(=O)(=O)N(C)C(NC(=O)OC(C)(C)C)=N1. The first-order chi connectivity index (χ1) is 13.8. The Labute approximate surface area is 191 Å². The van der Waals surface area contributed by atoms with Gasteiger partial charge < -0.3 is 4.74 Å². The number of halogens is 2. The Kier molecular flexibility index (Phi) is 5.83. The van der Waals surface area contributed by atoms with Gasteiger partial charge in [-0.2, -0.15) is 0 Å². The summed E-state index contributed by atoms with van der Waals surface area (Å²) in [5.41, 5.74) is -2.41. The van der Waals surface area contributed by atoms with Gasteiger partial charge in [-0.05, 0) is 42.8 Å². The summed E-state index contributed by atoms with van der Waals surface area (Å²) in [4.78, 5) is 21.2. The average molecular weight is 534 g/mol. The van der Waals surface area contributed by atoms with Crippen LogP contribution >= 0.6 is 38.9 Å². The summed E-state index contributed by atoms with van der Waals surface area (Å²) >= 11 is 11.1. The predicted molar refractivity (Wildman–Crippen MR) is 121 cm³/mol. The zero-order valence-corrected chi connectivity index (χ0v) is 20.5. The monoisotopic (exact) mass is 532 g/mol. The Morgan fingerprint density at radius 2 is 2.17 bits per heavy atom. The van der Waals surface area contributed by atoms with Gasteiger partial charge in [0.25, 0.3) is 0 Å². The number of amides is 1. The van der Waals surface area contributed by atoms with Crippen molar-refractivity contribution in [3.8, 4) is 12.3 Å².